The number of nitrogens with zero attached hydrogens (tertiary/aromatic N) is 1. The fraction of sp³-hybridized carbons (Fsp3) is 0.524. The van der Waals surface area contributed by atoms with Crippen LogP contribution in [0.4, 0.5) is 4.79 Å². The van der Waals surface area contributed by atoms with Crippen molar-refractivity contribution in [3.63, 3.8) is 0 Å². The Bertz CT molecular complexity index is 749. The molecule has 0 aliphatic carbocycles. The normalized spacial score (nSPS) is 17.5. The first kappa shape index (κ1) is 23.3. The van der Waals surface area contributed by atoms with Crippen molar-refractivity contribution < 1.29 is 23.9 Å². The van der Waals surface area contributed by atoms with Crippen LogP contribution < -0.4 is 16.0 Å². The number of amides is 4. The summed E-state index contributed by atoms with van der Waals surface area (Å²) in [6.45, 7) is 5.82. The maximum Gasteiger partial charge on any atom is 0.417 e. The molecular formula is C21H30N4O5. The van der Waals surface area contributed by atoms with Crippen LogP contribution in [-0.2, 0) is 25.7 Å². The molecule has 1 aliphatic rings. The lowest BCUT2D eigenvalue weighted by Gasteiger charge is -2.29. The maximum atomic E-state index is 13.0. The molecule has 1 aliphatic heterocycles. The summed E-state index contributed by atoms with van der Waals surface area (Å²) >= 11 is 0. The summed E-state index contributed by atoms with van der Waals surface area (Å²) in [4.78, 5) is 51.2. The SMILES string of the molecule is CCNC(=O)[C@H](C)NC(=O)[C@H](C)N(C(=O)OCc1ccccc1)C(=O)[C@@H]1CCCN1. The van der Waals surface area contributed by atoms with Gasteiger partial charge >= 0.3 is 6.09 Å². The van der Waals surface area contributed by atoms with E-state index in [2.05, 4.69) is 16.0 Å². The summed E-state index contributed by atoms with van der Waals surface area (Å²) in [7, 11) is 0. The van der Waals surface area contributed by atoms with Crippen molar-refractivity contribution in [1.82, 2.24) is 20.9 Å². The third kappa shape index (κ3) is 6.28. The number of benzene rings is 1. The van der Waals surface area contributed by atoms with E-state index in [0.717, 1.165) is 16.9 Å². The number of carbonyl (C=O) groups is 4. The molecule has 0 unspecified atom stereocenters. The van der Waals surface area contributed by atoms with E-state index in [1.165, 1.54) is 13.8 Å². The van der Waals surface area contributed by atoms with Crippen LogP contribution >= 0.6 is 0 Å². The monoisotopic (exact) mass is 418 g/mol. The molecule has 1 heterocycles. The van der Waals surface area contributed by atoms with Gasteiger partial charge in [-0.1, -0.05) is 30.3 Å². The van der Waals surface area contributed by atoms with Gasteiger partial charge in [-0.3, -0.25) is 14.4 Å². The highest BCUT2D eigenvalue weighted by Crippen LogP contribution is 2.14. The van der Waals surface area contributed by atoms with Gasteiger partial charge in [-0.15, -0.1) is 0 Å². The maximum absolute atomic E-state index is 13.0. The highest BCUT2D eigenvalue weighted by molar-refractivity contribution is 6.00. The number of hydrogen-bond donors (Lipinski definition) is 3. The Hall–Kier alpha value is -2.94. The molecule has 9 nitrogen and oxygen atoms in total. The lowest BCUT2D eigenvalue weighted by atomic mass is 10.1. The van der Waals surface area contributed by atoms with Gasteiger partial charge in [0, 0.05) is 6.54 Å². The zero-order valence-electron chi connectivity index (χ0n) is 17.6. The molecule has 1 aromatic carbocycles. The first-order chi connectivity index (χ1) is 14.3. The lowest BCUT2D eigenvalue weighted by Crippen LogP contribution is -2.57. The molecule has 2 rings (SSSR count). The summed E-state index contributed by atoms with van der Waals surface area (Å²) in [5, 5.41) is 8.20. The molecule has 30 heavy (non-hydrogen) atoms. The highest BCUT2D eigenvalue weighted by Gasteiger charge is 2.38. The van der Waals surface area contributed by atoms with Gasteiger partial charge in [-0.2, -0.15) is 0 Å². The Morgan fingerprint density at radius 2 is 1.87 bits per heavy atom. The summed E-state index contributed by atoms with van der Waals surface area (Å²) in [5.41, 5.74) is 0.763. The van der Waals surface area contributed by atoms with E-state index in [1.807, 2.05) is 18.2 Å². The van der Waals surface area contributed by atoms with E-state index in [-0.39, 0.29) is 12.5 Å². The van der Waals surface area contributed by atoms with Gasteiger partial charge in [0.15, 0.2) is 0 Å². The van der Waals surface area contributed by atoms with Crippen LogP contribution in [0.1, 0.15) is 39.2 Å². The number of ether oxygens (including phenoxy) is 1. The Balaban J connectivity index is 2.11. The Morgan fingerprint density at radius 1 is 1.17 bits per heavy atom. The predicted molar refractivity (Wildman–Crippen MR) is 110 cm³/mol. The Kier molecular flexibility index (Phi) is 8.79. The number of hydrogen-bond acceptors (Lipinski definition) is 6. The quantitative estimate of drug-likeness (QED) is 0.578. The van der Waals surface area contributed by atoms with Crippen molar-refractivity contribution in [3.8, 4) is 0 Å². The van der Waals surface area contributed by atoms with Crippen molar-refractivity contribution in [3.05, 3.63) is 35.9 Å². The smallest absolute Gasteiger partial charge is 0.417 e. The molecule has 3 N–H and O–H groups in total. The predicted octanol–water partition coefficient (Wildman–Crippen LogP) is 0.933. The van der Waals surface area contributed by atoms with Crippen LogP contribution in [-0.4, -0.2) is 59.9 Å². The molecule has 0 spiro atoms. The molecule has 164 valence electrons. The van der Waals surface area contributed by atoms with Gasteiger partial charge in [-0.05, 0) is 45.7 Å². The molecule has 1 aromatic rings. The van der Waals surface area contributed by atoms with Crippen LogP contribution in [0.3, 0.4) is 0 Å². The molecule has 1 fully saturated rings. The lowest BCUT2D eigenvalue weighted by molar-refractivity contribution is -0.140. The molecule has 0 radical (unpaired) electrons. The number of rotatable bonds is 8. The summed E-state index contributed by atoms with van der Waals surface area (Å²) < 4.78 is 5.31. The van der Waals surface area contributed by atoms with E-state index in [1.54, 1.807) is 19.1 Å². The fourth-order valence-electron chi connectivity index (χ4n) is 3.14. The van der Waals surface area contributed by atoms with Crippen molar-refractivity contribution in [2.45, 2.75) is 58.3 Å². The van der Waals surface area contributed by atoms with Gasteiger partial charge in [0.05, 0.1) is 6.04 Å². The number of carbonyl (C=O) groups excluding carboxylic acids is 4. The zero-order chi connectivity index (χ0) is 22.1. The molecule has 0 bridgehead atoms. The largest absolute Gasteiger partial charge is 0.444 e. The van der Waals surface area contributed by atoms with Crippen LogP contribution in [0.2, 0.25) is 0 Å². The average molecular weight is 418 g/mol. The topological polar surface area (TPSA) is 117 Å². The molecule has 3 atom stereocenters. The van der Waals surface area contributed by atoms with Crippen LogP contribution in [0.15, 0.2) is 30.3 Å². The summed E-state index contributed by atoms with van der Waals surface area (Å²) in [5.74, 6) is -1.48. The van der Waals surface area contributed by atoms with Gasteiger partial charge < -0.3 is 20.7 Å². The van der Waals surface area contributed by atoms with E-state index in [0.29, 0.717) is 19.5 Å². The summed E-state index contributed by atoms with van der Waals surface area (Å²) in [6.07, 6.45) is 0.481. The molecule has 0 saturated carbocycles. The van der Waals surface area contributed by atoms with Gasteiger partial charge in [0.2, 0.25) is 17.7 Å². The number of nitrogens with one attached hydrogen (secondary N) is 3. The van der Waals surface area contributed by atoms with E-state index in [9.17, 15) is 19.2 Å². The fourth-order valence-corrected chi connectivity index (χ4v) is 3.14. The van der Waals surface area contributed by atoms with E-state index >= 15 is 0 Å². The molecule has 1 saturated heterocycles. The second-order valence-electron chi connectivity index (χ2n) is 7.20. The first-order valence-electron chi connectivity index (χ1n) is 10.2. The molecule has 9 heteroatoms. The standard InChI is InChI=1S/C21H30N4O5/c1-4-22-18(26)14(2)24-19(27)15(3)25(20(28)17-11-8-12-23-17)21(29)30-13-16-9-6-5-7-10-16/h5-7,9-10,14-15,17,23H,4,8,11-13H2,1-3H3,(H,22,26)(H,24,27)/t14-,15-,17-/m0/s1. The van der Waals surface area contributed by atoms with Crippen molar-refractivity contribution in [2.24, 2.45) is 0 Å². The van der Waals surface area contributed by atoms with E-state index in [4.69, 9.17) is 4.74 Å². The van der Waals surface area contributed by atoms with Gasteiger partial charge in [0.1, 0.15) is 18.7 Å². The Morgan fingerprint density at radius 3 is 2.47 bits per heavy atom. The molecule has 4 amide bonds. The Labute approximate surface area is 176 Å². The minimum atomic E-state index is -1.14. The van der Waals surface area contributed by atoms with Crippen molar-refractivity contribution in [1.29, 1.82) is 0 Å². The molecule has 0 aromatic heterocycles. The zero-order valence-corrected chi connectivity index (χ0v) is 17.6. The van der Waals surface area contributed by atoms with Crippen LogP contribution in [0, 0.1) is 0 Å². The number of likely N-dealkylation sites (N-methyl/N-ethyl adjacent to an activating group) is 1. The third-order valence-corrected chi connectivity index (χ3v) is 4.87. The van der Waals surface area contributed by atoms with Gasteiger partial charge in [-0.25, -0.2) is 9.69 Å². The average Bonchev–Trinajstić information content (AvgIpc) is 3.28. The minimum Gasteiger partial charge on any atom is -0.444 e. The highest BCUT2D eigenvalue weighted by atomic mass is 16.6. The van der Waals surface area contributed by atoms with Crippen LogP contribution in [0.25, 0.3) is 0 Å². The third-order valence-electron chi connectivity index (χ3n) is 4.87. The second kappa shape index (κ2) is 11.3. The number of imide groups is 1. The molecular weight excluding hydrogens is 388 g/mol. The second-order valence-corrected chi connectivity index (χ2v) is 7.20. The van der Waals surface area contributed by atoms with Gasteiger partial charge in [0.25, 0.3) is 0 Å². The van der Waals surface area contributed by atoms with E-state index < -0.39 is 36.0 Å². The minimum absolute atomic E-state index is 0.0226. The summed E-state index contributed by atoms with van der Waals surface area (Å²) in [6, 6.07) is 6.56. The van der Waals surface area contributed by atoms with Crippen LogP contribution in [0.5, 0.6) is 0 Å². The van der Waals surface area contributed by atoms with Crippen molar-refractivity contribution in [2.75, 3.05) is 13.1 Å². The van der Waals surface area contributed by atoms with Crippen molar-refractivity contribution >= 4 is 23.8 Å². The first-order valence-corrected chi connectivity index (χ1v) is 10.2.